The molecule has 3 aliphatic carbocycles. The second kappa shape index (κ2) is 3.62. The summed E-state index contributed by atoms with van der Waals surface area (Å²) in [6, 6.07) is 0. The van der Waals surface area contributed by atoms with Gasteiger partial charge < -0.3 is 15.2 Å². The highest BCUT2D eigenvalue weighted by molar-refractivity contribution is 5.69. The van der Waals surface area contributed by atoms with Gasteiger partial charge >= 0.3 is 6.09 Å². The van der Waals surface area contributed by atoms with Crippen molar-refractivity contribution in [1.29, 1.82) is 0 Å². The number of aliphatic hydroxyl groups excluding tert-OH is 1. The third-order valence-electron chi connectivity index (χ3n) is 3.63. The standard InChI is InChI=1S/C12H21NO3/c1-11(2,3)16-10(15)13-12-4-8(5-12)9(6-12)7-14/h8-9,14H,4-7H2,1-3H3,(H,13,15). The molecule has 3 rings (SSSR count). The van der Waals surface area contributed by atoms with Crippen molar-refractivity contribution in [3.05, 3.63) is 0 Å². The Bertz CT molecular complexity index is 289. The molecule has 4 nitrogen and oxygen atoms in total. The van der Waals surface area contributed by atoms with Crippen LogP contribution < -0.4 is 5.32 Å². The number of carbonyl (C=O) groups is 1. The average molecular weight is 227 g/mol. The SMILES string of the molecule is CC(C)(C)OC(=O)NC12CC(CO)C(C1)C2. The maximum Gasteiger partial charge on any atom is 0.408 e. The van der Waals surface area contributed by atoms with Crippen LogP contribution in [0.4, 0.5) is 4.79 Å². The molecule has 3 aliphatic rings. The summed E-state index contributed by atoms with van der Waals surface area (Å²) in [6.45, 7) is 5.82. The van der Waals surface area contributed by atoms with Crippen molar-refractivity contribution in [1.82, 2.24) is 5.32 Å². The van der Waals surface area contributed by atoms with Crippen LogP contribution in [-0.4, -0.2) is 28.9 Å². The van der Waals surface area contributed by atoms with Crippen LogP contribution in [0.3, 0.4) is 0 Å². The van der Waals surface area contributed by atoms with E-state index in [0.29, 0.717) is 11.8 Å². The molecule has 0 aromatic rings. The van der Waals surface area contributed by atoms with E-state index in [4.69, 9.17) is 9.84 Å². The first-order chi connectivity index (χ1) is 7.34. The van der Waals surface area contributed by atoms with Crippen molar-refractivity contribution >= 4 is 6.09 Å². The van der Waals surface area contributed by atoms with Crippen LogP contribution in [0.5, 0.6) is 0 Å². The van der Waals surface area contributed by atoms with E-state index in [0.717, 1.165) is 19.3 Å². The molecule has 3 saturated carbocycles. The second-order valence-electron chi connectivity index (χ2n) is 6.22. The van der Waals surface area contributed by atoms with Crippen molar-refractivity contribution in [3.63, 3.8) is 0 Å². The Morgan fingerprint density at radius 3 is 2.50 bits per heavy atom. The predicted molar refractivity (Wildman–Crippen MR) is 60.0 cm³/mol. The summed E-state index contributed by atoms with van der Waals surface area (Å²) in [6.07, 6.45) is 2.56. The van der Waals surface area contributed by atoms with Crippen molar-refractivity contribution in [2.24, 2.45) is 11.8 Å². The average Bonchev–Trinajstić information content (AvgIpc) is 2.53. The van der Waals surface area contributed by atoms with E-state index in [2.05, 4.69) is 5.32 Å². The third kappa shape index (κ3) is 2.17. The maximum atomic E-state index is 11.6. The smallest absolute Gasteiger partial charge is 0.408 e. The third-order valence-corrected chi connectivity index (χ3v) is 3.63. The summed E-state index contributed by atoms with van der Waals surface area (Å²) in [5.41, 5.74) is -0.529. The Morgan fingerprint density at radius 1 is 1.44 bits per heavy atom. The lowest BCUT2D eigenvalue weighted by atomic mass is 9.76. The molecule has 2 bridgehead atoms. The Morgan fingerprint density at radius 2 is 2.06 bits per heavy atom. The normalized spacial score (nSPS) is 36.8. The van der Waals surface area contributed by atoms with Gasteiger partial charge in [0.15, 0.2) is 0 Å². The molecule has 0 heterocycles. The molecule has 2 N–H and O–H groups in total. The van der Waals surface area contributed by atoms with Gasteiger partial charge in [0.05, 0.1) is 0 Å². The molecular formula is C12H21NO3. The van der Waals surface area contributed by atoms with Crippen molar-refractivity contribution in [3.8, 4) is 0 Å². The minimum atomic E-state index is -0.446. The zero-order chi connectivity index (χ0) is 12.0. The number of ether oxygens (including phenoxy) is 1. The highest BCUT2D eigenvalue weighted by Crippen LogP contribution is 2.55. The fraction of sp³-hybridized carbons (Fsp3) is 0.917. The number of alkyl carbamates (subject to hydrolysis) is 1. The van der Waals surface area contributed by atoms with E-state index in [9.17, 15) is 4.79 Å². The summed E-state index contributed by atoms with van der Waals surface area (Å²) in [5.74, 6) is 0.967. The Balaban J connectivity index is 1.86. The molecule has 0 saturated heterocycles. The second-order valence-corrected chi connectivity index (χ2v) is 6.22. The molecule has 1 unspecified atom stereocenters. The molecule has 0 aromatic carbocycles. The van der Waals surface area contributed by atoms with Crippen LogP contribution >= 0.6 is 0 Å². The van der Waals surface area contributed by atoms with E-state index >= 15 is 0 Å². The quantitative estimate of drug-likeness (QED) is 0.754. The lowest BCUT2D eigenvalue weighted by molar-refractivity contribution is 0.0394. The number of aliphatic hydroxyl groups is 1. The van der Waals surface area contributed by atoms with E-state index in [-0.39, 0.29) is 18.2 Å². The summed E-state index contributed by atoms with van der Waals surface area (Å²) < 4.78 is 5.25. The van der Waals surface area contributed by atoms with Crippen LogP contribution in [0.1, 0.15) is 40.0 Å². The van der Waals surface area contributed by atoms with Crippen LogP contribution in [0, 0.1) is 11.8 Å². The van der Waals surface area contributed by atoms with Crippen molar-refractivity contribution < 1.29 is 14.6 Å². The fourth-order valence-electron chi connectivity index (χ4n) is 3.00. The van der Waals surface area contributed by atoms with Crippen LogP contribution in [0.25, 0.3) is 0 Å². The summed E-state index contributed by atoms with van der Waals surface area (Å²) in [7, 11) is 0. The van der Waals surface area contributed by atoms with Gasteiger partial charge in [-0.05, 0) is 51.9 Å². The first-order valence-electron chi connectivity index (χ1n) is 5.96. The van der Waals surface area contributed by atoms with Gasteiger partial charge in [-0.25, -0.2) is 4.79 Å². The van der Waals surface area contributed by atoms with Gasteiger partial charge in [0, 0.05) is 12.1 Å². The van der Waals surface area contributed by atoms with Crippen LogP contribution in [0.2, 0.25) is 0 Å². The number of carbonyl (C=O) groups excluding carboxylic acids is 1. The van der Waals surface area contributed by atoms with Crippen LogP contribution in [0.15, 0.2) is 0 Å². The summed E-state index contributed by atoms with van der Waals surface area (Å²) in [4.78, 5) is 11.6. The largest absolute Gasteiger partial charge is 0.444 e. The van der Waals surface area contributed by atoms with Gasteiger partial charge in [-0.15, -0.1) is 0 Å². The van der Waals surface area contributed by atoms with Gasteiger partial charge in [0.2, 0.25) is 0 Å². The van der Waals surface area contributed by atoms with Crippen LogP contribution in [-0.2, 0) is 4.74 Å². The first kappa shape index (κ1) is 11.7. The lowest BCUT2D eigenvalue weighted by Gasteiger charge is -2.39. The highest BCUT2D eigenvalue weighted by atomic mass is 16.6. The number of hydrogen-bond acceptors (Lipinski definition) is 3. The zero-order valence-electron chi connectivity index (χ0n) is 10.2. The van der Waals surface area contributed by atoms with Gasteiger partial charge in [0.25, 0.3) is 0 Å². The van der Waals surface area contributed by atoms with Gasteiger partial charge in [-0.2, -0.15) is 0 Å². The van der Waals surface area contributed by atoms with Gasteiger partial charge in [-0.3, -0.25) is 0 Å². The highest BCUT2D eigenvalue weighted by Gasteiger charge is 2.56. The molecule has 4 heteroatoms. The molecule has 0 radical (unpaired) electrons. The van der Waals surface area contributed by atoms with E-state index in [1.165, 1.54) is 0 Å². The van der Waals surface area contributed by atoms with E-state index in [1.807, 2.05) is 20.8 Å². The zero-order valence-corrected chi connectivity index (χ0v) is 10.2. The number of fused-ring (bicyclic) bond motifs is 1. The molecular weight excluding hydrogens is 206 g/mol. The molecule has 3 fully saturated rings. The Kier molecular flexibility index (Phi) is 2.65. The predicted octanol–water partition coefficient (Wildman–Crippen LogP) is 1.67. The molecule has 0 aromatic heterocycles. The Labute approximate surface area is 96.4 Å². The molecule has 0 aliphatic heterocycles. The summed E-state index contributed by atoms with van der Waals surface area (Å²) in [5, 5.41) is 12.1. The summed E-state index contributed by atoms with van der Waals surface area (Å²) >= 11 is 0. The number of rotatable bonds is 2. The molecule has 92 valence electrons. The maximum absolute atomic E-state index is 11.6. The number of nitrogens with one attached hydrogen (secondary N) is 1. The van der Waals surface area contributed by atoms with Crippen molar-refractivity contribution in [2.45, 2.75) is 51.2 Å². The monoisotopic (exact) mass is 227 g/mol. The molecule has 1 atom stereocenters. The minimum Gasteiger partial charge on any atom is -0.444 e. The first-order valence-corrected chi connectivity index (χ1v) is 5.96. The molecule has 16 heavy (non-hydrogen) atoms. The number of hydrogen-bond donors (Lipinski definition) is 2. The molecule has 0 spiro atoms. The van der Waals surface area contributed by atoms with E-state index in [1.54, 1.807) is 0 Å². The van der Waals surface area contributed by atoms with Gasteiger partial charge in [0.1, 0.15) is 5.60 Å². The minimum absolute atomic E-state index is 0.0829. The Hall–Kier alpha value is -0.770. The molecule has 1 amide bonds. The lowest BCUT2D eigenvalue weighted by Crippen LogP contribution is -2.53. The topological polar surface area (TPSA) is 58.6 Å². The fourth-order valence-corrected chi connectivity index (χ4v) is 3.00. The van der Waals surface area contributed by atoms with Crippen molar-refractivity contribution in [2.75, 3.05) is 6.61 Å². The van der Waals surface area contributed by atoms with E-state index < -0.39 is 5.60 Å². The number of amides is 1. The van der Waals surface area contributed by atoms with Gasteiger partial charge in [-0.1, -0.05) is 0 Å².